The molecule has 6 heteroatoms. The number of hydrogen-bond donors (Lipinski definition) is 2. The molecule has 1 atom stereocenters. The second-order valence-electron chi connectivity index (χ2n) is 5.45. The van der Waals surface area contributed by atoms with Gasteiger partial charge in [0.25, 0.3) is 5.91 Å². The summed E-state index contributed by atoms with van der Waals surface area (Å²) >= 11 is 1.79. The van der Waals surface area contributed by atoms with Crippen molar-refractivity contribution in [2.45, 2.75) is 33.6 Å². The number of rotatable bonds is 8. The largest absolute Gasteiger partial charge is 0.382 e. The summed E-state index contributed by atoms with van der Waals surface area (Å²) in [6, 6.07) is 0. The molecule has 1 aromatic rings. The number of aromatic nitrogens is 2. The van der Waals surface area contributed by atoms with Gasteiger partial charge in [0, 0.05) is 19.0 Å². The van der Waals surface area contributed by atoms with Crippen LogP contribution in [0.4, 0.5) is 5.69 Å². The molecule has 1 amide bonds. The topological polar surface area (TPSA) is 66.9 Å². The number of hydrogen-bond acceptors (Lipinski definition) is 5. The first-order valence-electron chi connectivity index (χ1n) is 7.37. The van der Waals surface area contributed by atoms with E-state index in [2.05, 4.69) is 33.8 Å². The van der Waals surface area contributed by atoms with Crippen LogP contribution in [0.3, 0.4) is 0 Å². The summed E-state index contributed by atoms with van der Waals surface area (Å²) in [5.74, 6) is 2.23. The first kappa shape index (κ1) is 17.8. The van der Waals surface area contributed by atoms with Crippen molar-refractivity contribution in [2.24, 2.45) is 5.92 Å². The molecule has 0 aliphatic carbocycles. The summed E-state index contributed by atoms with van der Waals surface area (Å²) in [4.78, 5) is 21.1. The lowest BCUT2D eigenvalue weighted by Crippen LogP contribution is -2.31. The quantitative estimate of drug-likeness (QED) is 0.773. The number of nitrogens with zero attached hydrogens (tertiary/aromatic N) is 2. The fraction of sp³-hybridized carbons (Fsp3) is 0.667. The third kappa shape index (κ3) is 5.53. The molecule has 1 heterocycles. The molecular weight excluding hydrogens is 284 g/mol. The third-order valence-electron chi connectivity index (χ3n) is 2.97. The van der Waals surface area contributed by atoms with Gasteiger partial charge in [0.1, 0.15) is 5.82 Å². The Bertz CT molecular complexity index is 465. The standard InChI is InChI=1S/C15H26N4OS/c1-6-16-12-8-17-14(10(2)3)19-13(12)15(20)18-7-11(4)9-21-5/h8,10-11,16H,6-7,9H2,1-5H3,(H,18,20). The lowest BCUT2D eigenvalue weighted by molar-refractivity contribution is 0.0944. The van der Waals surface area contributed by atoms with Crippen LogP contribution in [0.25, 0.3) is 0 Å². The van der Waals surface area contributed by atoms with Crippen molar-refractivity contribution in [3.8, 4) is 0 Å². The fourth-order valence-corrected chi connectivity index (χ4v) is 2.55. The van der Waals surface area contributed by atoms with Gasteiger partial charge in [0.15, 0.2) is 5.69 Å². The molecule has 0 aliphatic rings. The Morgan fingerprint density at radius 2 is 2.10 bits per heavy atom. The summed E-state index contributed by atoms with van der Waals surface area (Å²) in [6.45, 7) is 9.54. The molecule has 2 N–H and O–H groups in total. The van der Waals surface area contributed by atoms with Crippen molar-refractivity contribution in [1.82, 2.24) is 15.3 Å². The number of carbonyl (C=O) groups excluding carboxylic acids is 1. The molecule has 0 bridgehead atoms. The van der Waals surface area contributed by atoms with E-state index >= 15 is 0 Å². The van der Waals surface area contributed by atoms with Crippen molar-refractivity contribution in [3.63, 3.8) is 0 Å². The van der Waals surface area contributed by atoms with Crippen molar-refractivity contribution in [2.75, 3.05) is 30.4 Å². The highest BCUT2D eigenvalue weighted by molar-refractivity contribution is 7.98. The Kier molecular flexibility index (Phi) is 7.50. The van der Waals surface area contributed by atoms with Crippen LogP contribution in [-0.2, 0) is 0 Å². The maximum absolute atomic E-state index is 12.4. The third-order valence-corrected chi connectivity index (χ3v) is 3.87. The van der Waals surface area contributed by atoms with Crippen LogP contribution in [0.1, 0.15) is 49.9 Å². The van der Waals surface area contributed by atoms with E-state index < -0.39 is 0 Å². The molecule has 0 fully saturated rings. The Morgan fingerprint density at radius 1 is 1.38 bits per heavy atom. The molecule has 1 rings (SSSR count). The Labute approximate surface area is 131 Å². The second-order valence-corrected chi connectivity index (χ2v) is 6.36. The van der Waals surface area contributed by atoms with Gasteiger partial charge < -0.3 is 10.6 Å². The van der Waals surface area contributed by atoms with Crippen molar-refractivity contribution < 1.29 is 4.79 Å². The van der Waals surface area contributed by atoms with Gasteiger partial charge in [-0.05, 0) is 24.9 Å². The van der Waals surface area contributed by atoms with E-state index in [0.717, 1.165) is 12.3 Å². The molecule has 0 aromatic carbocycles. The monoisotopic (exact) mass is 310 g/mol. The molecule has 1 aromatic heterocycles. The molecule has 0 aliphatic heterocycles. The number of nitrogens with one attached hydrogen (secondary N) is 2. The Morgan fingerprint density at radius 3 is 2.67 bits per heavy atom. The van der Waals surface area contributed by atoms with E-state index in [9.17, 15) is 4.79 Å². The highest BCUT2D eigenvalue weighted by Crippen LogP contribution is 2.16. The van der Waals surface area contributed by atoms with Crippen LogP contribution < -0.4 is 10.6 Å². The lowest BCUT2D eigenvalue weighted by Gasteiger charge is -2.14. The van der Waals surface area contributed by atoms with E-state index in [1.165, 1.54) is 0 Å². The summed E-state index contributed by atoms with van der Waals surface area (Å²) in [5, 5.41) is 6.11. The van der Waals surface area contributed by atoms with Crippen LogP contribution in [-0.4, -0.2) is 41.0 Å². The van der Waals surface area contributed by atoms with Crippen LogP contribution in [0.15, 0.2) is 6.20 Å². The number of amides is 1. The second kappa shape index (κ2) is 8.87. The van der Waals surface area contributed by atoms with E-state index in [4.69, 9.17) is 0 Å². The molecule has 0 radical (unpaired) electrons. The lowest BCUT2D eigenvalue weighted by atomic mass is 10.2. The zero-order chi connectivity index (χ0) is 15.8. The molecule has 0 spiro atoms. The van der Waals surface area contributed by atoms with Crippen LogP contribution >= 0.6 is 11.8 Å². The summed E-state index contributed by atoms with van der Waals surface area (Å²) < 4.78 is 0. The molecule has 0 saturated heterocycles. The van der Waals surface area contributed by atoms with Crippen molar-refractivity contribution >= 4 is 23.4 Å². The van der Waals surface area contributed by atoms with E-state index in [1.807, 2.05) is 20.8 Å². The first-order valence-corrected chi connectivity index (χ1v) is 8.76. The van der Waals surface area contributed by atoms with E-state index in [1.54, 1.807) is 18.0 Å². The summed E-state index contributed by atoms with van der Waals surface area (Å²) in [6.07, 6.45) is 3.77. The van der Waals surface area contributed by atoms with Crippen LogP contribution in [0, 0.1) is 5.92 Å². The number of anilines is 1. The Balaban J connectivity index is 2.86. The molecule has 21 heavy (non-hydrogen) atoms. The van der Waals surface area contributed by atoms with Gasteiger partial charge in [0.05, 0.1) is 11.9 Å². The minimum atomic E-state index is -0.136. The van der Waals surface area contributed by atoms with Gasteiger partial charge in [-0.25, -0.2) is 9.97 Å². The minimum absolute atomic E-state index is 0.136. The van der Waals surface area contributed by atoms with Crippen molar-refractivity contribution in [3.05, 3.63) is 17.7 Å². The predicted octanol–water partition coefficient (Wildman–Crippen LogP) is 2.76. The smallest absolute Gasteiger partial charge is 0.272 e. The molecule has 118 valence electrons. The molecular formula is C15H26N4OS. The average Bonchev–Trinajstić information content (AvgIpc) is 2.45. The zero-order valence-corrected chi connectivity index (χ0v) is 14.4. The number of thioether (sulfide) groups is 1. The SMILES string of the molecule is CCNc1cnc(C(C)C)nc1C(=O)NCC(C)CSC. The highest BCUT2D eigenvalue weighted by atomic mass is 32.2. The fourth-order valence-electron chi connectivity index (χ4n) is 1.86. The maximum atomic E-state index is 12.4. The van der Waals surface area contributed by atoms with Gasteiger partial charge in [-0.2, -0.15) is 11.8 Å². The Hall–Kier alpha value is -1.30. The molecule has 1 unspecified atom stereocenters. The summed E-state index contributed by atoms with van der Waals surface area (Å²) in [5.41, 5.74) is 1.13. The zero-order valence-electron chi connectivity index (χ0n) is 13.6. The average molecular weight is 310 g/mol. The normalized spacial score (nSPS) is 12.3. The summed E-state index contributed by atoms with van der Waals surface area (Å²) in [7, 11) is 0. The minimum Gasteiger partial charge on any atom is -0.382 e. The van der Waals surface area contributed by atoms with Gasteiger partial charge in [-0.15, -0.1) is 0 Å². The van der Waals surface area contributed by atoms with Crippen LogP contribution in [0.2, 0.25) is 0 Å². The van der Waals surface area contributed by atoms with Gasteiger partial charge >= 0.3 is 0 Å². The van der Waals surface area contributed by atoms with Gasteiger partial charge in [-0.1, -0.05) is 20.8 Å². The van der Waals surface area contributed by atoms with E-state index in [-0.39, 0.29) is 11.8 Å². The molecule has 5 nitrogen and oxygen atoms in total. The predicted molar refractivity (Wildman–Crippen MR) is 90.2 cm³/mol. The van der Waals surface area contributed by atoms with E-state index in [0.29, 0.717) is 29.7 Å². The van der Waals surface area contributed by atoms with Gasteiger partial charge in [0.2, 0.25) is 0 Å². The van der Waals surface area contributed by atoms with Crippen LogP contribution in [0.5, 0.6) is 0 Å². The van der Waals surface area contributed by atoms with Crippen molar-refractivity contribution in [1.29, 1.82) is 0 Å². The molecule has 0 saturated carbocycles. The number of carbonyl (C=O) groups is 1. The maximum Gasteiger partial charge on any atom is 0.272 e. The first-order chi connectivity index (χ1) is 9.99. The van der Waals surface area contributed by atoms with Gasteiger partial charge in [-0.3, -0.25) is 4.79 Å². The highest BCUT2D eigenvalue weighted by Gasteiger charge is 2.16.